The molecule has 1 aromatic rings. The minimum absolute atomic E-state index is 0.263. The molecule has 0 unspecified atom stereocenters. The first-order valence-electron chi connectivity index (χ1n) is 8.04. The van der Waals surface area contributed by atoms with Gasteiger partial charge in [-0.15, -0.1) is 0 Å². The predicted molar refractivity (Wildman–Crippen MR) is 88.7 cm³/mol. The molecule has 1 atom stereocenters. The fourth-order valence-corrected chi connectivity index (χ4v) is 3.32. The zero-order chi connectivity index (χ0) is 15.1. The van der Waals surface area contributed by atoms with Crippen molar-refractivity contribution >= 4 is 11.6 Å². The highest BCUT2D eigenvalue weighted by Gasteiger charge is 2.24. The van der Waals surface area contributed by atoms with Crippen LogP contribution in [0.3, 0.4) is 0 Å². The zero-order valence-corrected chi connectivity index (χ0v) is 13.7. The van der Waals surface area contributed by atoms with Crippen molar-refractivity contribution in [3.8, 4) is 0 Å². The first kappa shape index (κ1) is 16.8. The average Bonchev–Trinajstić information content (AvgIpc) is 2.94. The van der Waals surface area contributed by atoms with E-state index in [1.165, 1.54) is 24.9 Å². The summed E-state index contributed by atoms with van der Waals surface area (Å²) in [6.45, 7) is 7.86. The third-order valence-electron chi connectivity index (χ3n) is 4.33. The summed E-state index contributed by atoms with van der Waals surface area (Å²) in [5.74, 6) is 0. The molecule has 1 aromatic carbocycles. The first-order chi connectivity index (χ1) is 10.2. The lowest BCUT2D eigenvalue weighted by atomic mass is 10.1. The molecule has 118 valence electrons. The maximum Gasteiger partial charge on any atom is 0.0443 e. The van der Waals surface area contributed by atoms with Crippen LogP contribution in [0.2, 0.25) is 5.02 Å². The highest BCUT2D eigenvalue weighted by atomic mass is 35.5. The van der Waals surface area contributed by atoms with Gasteiger partial charge in [0, 0.05) is 37.3 Å². The van der Waals surface area contributed by atoms with Gasteiger partial charge in [-0.05, 0) is 50.0 Å². The number of aliphatic hydroxyl groups excluding tert-OH is 1. The molecule has 0 bridgehead atoms. The number of benzene rings is 1. The summed E-state index contributed by atoms with van der Waals surface area (Å²) in [7, 11) is 0. The van der Waals surface area contributed by atoms with E-state index in [-0.39, 0.29) is 6.61 Å². The molecule has 0 radical (unpaired) electrons. The van der Waals surface area contributed by atoms with Gasteiger partial charge in [0.2, 0.25) is 0 Å². The molecule has 0 aliphatic carbocycles. The summed E-state index contributed by atoms with van der Waals surface area (Å²) in [5, 5.41) is 9.91. The topological polar surface area (TPSA) is 26.7 Å². The van der Waals surface area contributed by atoms with Crippen molar-refractivity contribution in [2.45, 2.75) is 38.8 Å². The van der Waals surface area contributed by atoms with Crippen LogP contribution in [0, 0.1) is 0 Å². The maximum atomic E-state index is 9.12. The van der Waals surface area contributed by atoms with Crippen LogP contribution in [0.5, 0.6) is 0 Å². The number of halogens is 1. The molecule has 1 fully saturated rings. The molecule has 1 N–H and O–H groups in total. The van der Waals surface area contributed by atoms with Crippen LogP contribution in [-0.2, 0) is 6.54 Å². The van der Waals surface area contributed by atoms with E-state index in [9.17, 15) is 0 Å². The van der Waals surface area contributed by atoms with Crippen molar-refractivity contribution in [2.24, 2.45) is 0 Å². The highest BCUT2D eigenvalue weighted by Crippen LogP contribution is 2.19. The summed E-state index contributed by atoms with van der Waals surface area (Å²) in [5.41, 5.74) is 1.29. The van der Waals surface area contributed by atoms with Crippen LogP contribution >= 0.6 is 11.6 Å². The Labute approximate surface area is 133 Å². The van der Waals surface area contributed by atoms with Crippen LogP contribution in [0.15, 0.2) is 24.3 Å². The van der Waals surface area contributed by atoms with E-state index in [4.69, 9.17) is 16.7 Å². The highest BCUT2D eigenvalue weighted by molar-refractivity contribution is 6.30. The van der Waals surface area contributed by atoms with Gasteiger partial charge in [0.05, 0.1) is 0 Å². The first-order valence-corrected chi connectivity index (χ1v) is 8.42. The number of nitrogens with zero attached hydrogens (tertiary/aromatic N) is 2. The van der Waals surface area contributed by atoms with Crippen LogP contribution in [0.1, 0.15) is 31.7 Å². The number of rotatable bonds is 8. The fraction of sp³-hybridized carbons (Fsp3) is 0.647. The van der Waals surface area contributed by atoms with E-state index in [0.717, 1.165) is 37.6 Å². The van der Waals surface area contributed by atoms with Crippen molar-refractivity contribution in [2.75, 3.05) is 32.8 Å². The second-order valence-corrected chi connectivity index (χ2v) is 6.30. The van der Waals surface area contributed by atoms with E-state index in [0.29, 0.717) is 6.04 Å². The zero-order valence-electron chi connectivity index (χ0n) is 13.0. The van der Waals surface area contributed by atoms with Gasteiger partial charge in [-0.2, -0.15) is 0 Å². The minimum Gasteiger partial charge on any atom is -0.396 e. The Balaban J connectivity index is 1.95. The SMILES string of the molecule is CCN1CCC[C@H]1CN(CCCO)Cc1ccc(Cl)cc1. The lowest BCUT2D eigenvalue weighted by Gasteiger charge is -2.30. The fourth-order valence-electron chi connectivity index (χ4n) is 3.19. The van der Waals surface area contributed by atoms with E-state index >= 15 is 0 Å². The molecule has 0 aromatic heterocycles. The summed E-state index contributed by atoms with van der Waals surface area (Å²) in [6.07, 6.45) is 3.45. The number of likely N-dealkylation sites (N-methyl/N-ethyl adjacent to an activating group) is 1. The van der Waals surface area contributed by atoms with Gasteiger partial charge in [0.15, 0.2) is 0 Å². The number of hydrogen-bond donors (Lipinski definition) is 1. The molecule has 1 heterocycles. The molecule has 0 saturated carbocycles. The smallest absolute Gasteiger partial charge is 0.0443 e. The van der Waals surface area contributed by atoms with Crippen molar-refractivity contribution in [3.63, 3.8) is 0 Å². The minimum atomic E-state index is 0.263. The van der Waals surface area contributed by atoms with Crippen molar-refractivity contribution in [1.82, 2.24) is 9.80 Å². The van der Waals surface area contributed by atoms with Crippen LogP contribution in [-0.4, -0.2) is 53.7 Å². The van der Waals surface area contributed by atoms with Gasteiger partial charge in [0.25, 0.3) is 0 Å². The predicted octanol–water partition coefficient (Wildman–Crippen LogP) is 3.01. The summed E-state index contributed by atoms with van der Waals surface area (Å²) >= 11 is 5.95. The van der Waals surface area contributed by atoms with Gasteiger partial charge in [-0.25, -0.2) is 0 Å². The molecular formula is C17H27ClN2O. The van der Waals surface area contributed by atoms with Crippen molar-refractivity contribution in [1.29, 1.82) is 0 Å². The van der Waals surface area contributed by atoms with Crippen molar-refractivity contribution < 1.29 is 5.11 Å². The molecule has 1 saturated heterocycles. The second kappa shape index (κ2) is 8.74. The third-order valence-corrected chi connectivity index (χ3v) is 4.58. The standard InChI is InChI=1S/C17H27ClN2O/c1-2-20-11-3-5-17(20)14-19(10-4-12-21)13-15-6-8-16(18)9-7-15/h6-9,17,21H,2-5,10-14H2,1H3/t17-/m0/s1. The summed E-state index contributed by atoms with van der Waals surface area (Å²) in [4.78, 5) is 5.05. The van der Waals surface area contributed by atoms with E-state index in [2.05, 4.69) is 28.9 Å². The van der Waals surface area contributed by atoms with E-state index in [1.807, 2.05) is 12.1 Å². The number of hydrogen-bond acceptors (Lipinski definition) is 3. The lowest BCUT2D eigenvalue weighted by Crippen LogP contribution is -2.40. The van der Waals surface area contributed by atoms with E-state index in [1.54, 1.807) is 0 Å². The van der Waals surface area contributed by atoms with Gasteiger partial charge in [0.1, 0.15) is 0 Å². The molecule has 0 amide bonds. The van der Waals surface area contributed by atoms with Gasteiger partial charge >= 0.3 is 0 Å². The Morgan fingerprint density at radius 2 is 2.10 bits per heavy atom. The van der Waals surface area contributed by atoms with Crippen molar-refractivity contribution in [3.05, 3.63) is 34.9 Å². The lowest BCUT2D eigenvalue weighted by molar-refractivity contribution is 0.159. The van der Waals surface area contributed by atoms with Crippen LogP contribution < -0.4 is 0 Å². The van der Waals surface area contributed by atoms with Crippen LogP contribution in [0.4, 0.5) is 0 Å². The second-order valence-electron chi connectivity index (χ2n) is 5.86. The Morgan fingerprint density at radius 1 is 1.33 bits per heavy atom. The normalized spacial score (nSPS) is 19.5. The van der Waals surface area contributed by atoms with E-state index < -0.39 is 0 Å². The molecule has 21 heavy (non-hydrogen) atoms. The van der Waals surface area contributed by atoms with Gasteiger partial charge in [-0.1, -0.05) is 30.7 Å². The summed E-state index contributed by atoms with van der Waals surface area (Å²) < 4.78 is 0. The molecule has 1 aliphatic rings. The molecule has 1 aliphatic heterocycles. The molecule has 4 heteroatoms. The Bertz CT molecular complexity index is 410. The Hall–Kier alpha value is -0.610. The Morgan fingerprint density at radius 3 is 2.76 bits per heavy atom. The van der Waals surface area contributed by atoms with Crippen LogP contribution in [0.25, 0.3) is 0 Å². The monoisotopic (exact) mass is 310 g/mol. The van der Waals surface area contributed by atoms with Gasteiger partial charge in [-0.3, -0.25) is 9.80 Å². The molecular weight excluding hydrogens is 284 g/mol. The Kier molecular flexibility index (Phi) is 6.97. The third kappa shape index (κ3) is 5.26. The molecule has 0 spiro atoms. The number of likely N-dealkylation sites (tertiary alicyclic amines) is 1. The maximum absolute atomic E-state index is 9.12. The average molecular weight is 311 g/mol. The van der Waals surface area contributed by atoms with Gasteiger partial charge < -0.3 is 5.11 Å². The largest absolute Gasteiger partial charge is 0.396 e. The molecule has 2 rings (SSSR count). The quantitative estimate of drug-likeness (QED) is 0.799. The number of aliphatic hydroxyl groups is 1. The molecule has 3 nitrogen and oxygen atoms in total. The summed E-state index contributed by atoms with van der Waals surface area (Å²) in [6, 6.07) is 8.77.